The number of benzene rings is 1. The third-order valence-corrected chi connectivity index (χ3v) is 4.54. The Morgan fingerprint density at radius 2 is 2.27 bits per heavy atom. The summed E-state index contributed by atoms with van der Waals surface area (Å²) in [4.78, 5) is 23.7. The first-order valence-electron chi connectivity index (χ1n) is 7.71. The lowest BCUT2D eigenvalue weighted by atomic mass is 9.75. The number of nitrogens with one attached hydrogen (secondary N) is 1. The van der Waals surface area contributed by atoms with Crippen molar-refractivity contribution in [2.45, 2.75) is 39.0 Å². The third-order valence-electron chi connectivity index (χ3n) is 4.54. The molecule has 0 radical (unpaired) electrons. The smallest absolute Gasteiger partial charge is 0.243 e. The predicted octanol–water partition coefficient (Wildman–Crippen LogP) is 2.75. The Labute approximate surface area is 130 Å². The van der Waals surface area contributed by atoms with E-state index >= 15 is 0 Å². The van der Waals surface area contributed by atoms with E-state index in [1.54, 1.807) is 12.6 Å². The number of fused-ring (bicyclic) bond motifs is 1. The van der Waals surface area contributed by atoms with Gasteiger partial charge in [-0.2, -0.15) is 0 Å². The quantitative estimate of drug-likeness (QED) is 0.626. The van der Waals surface area contributed by atoms with Gasteiger partial charge in [-0.25, -0.2) is 5.48 Å². The third kappa shape index (κ3) is 3.47. The lowest BCUT2D eigenvalue weighted by Crippen LogP contribution is -2.28. The molecule has 22 heavy (non-hydrogen) atoms. The maximum Gasteiger partial charge on any atom is 0.243 e. The van der Waals surface area contributed by atoms with Crippen LogP contribution in [-0.2, 0) is 11.2 Å². The van der Waals surface area contributed by atoms with Gasteiger partial charge in [0, 0.05) is 23.5 Å². The van der Waals surface area contributed by atoms with E-state index in [9.17, 15) is 9.59 Å². The van der Waals surface area contributed by atoms with Crippen molar-refractivity contribution in [1.29, 1.82) is 0 Å². The minimum atomic E-state index is -0.378. The molecule has 0 spiro atoms. The predicted molar refractivity (Wildman–Crippen MR) is 82.1 cm³/mol. The number of hydrogen-bond donors (Lipinski definition) is 2. The molecular weight excluding hydrogens is 282 g/mol. The van der Waals surface area contributed by atoms with Crippen LogP contribution >= 0.6 is 0 Å². The SMILES string of the molecule is COc1cccc2c1CCC(C(C)CCCC(=O)NO)C2=O. The van der Waals surface area contributed by atoms with Crippen LogP contribution in [0.5, 0.6) is 5.75 Å². The monoisotopic (exact) mass is 305 g/mol. The van der Waals surface area contributed by atoms with Gasteiger partial charge in [0.2, 0.25) is 5.91 Å². The summed E-state index contributed by atoms with van der Waals surface area (Å²) in [6, 6.07) is 5.62. The molecule has 2 unspecified atom stereocenters. The molecule has 0 aliphatic heterocycles. The van der Waals surface area contributed by atoms with Gasteiger partial charge in [0.05, 0.1) is 7.11 Å². The van der Waals surface area contributed by atoms with E-state index in [-0.39, 0.29) is 29.9 Å². The minimum Gasteiger partial charge on any atom is -0.496 e. The molecule has 5 heteroatoms. The first-order valence-corrected chi connectivity index (χ1v) is 7.71. The largest absolute Gasteiger partial charge is 0.496 e. The van der Waals surface area contributed by atoms with Crippen LogP contribution in [0, 0.1) is 11.8 Å². The topological polar surface area (TPSA) is 75.6 Å². The molecule has 0 fully saturated rings. The molecule has 120 valence electrons. The van der Waals surface area contributed by atoms with E-state index in [4.69, 9.17) is 9.94 Å². The Hall–Kier alpha value is -1.88. The fourth-order valence-electron chi connectivity index (χ4n) is 3.26. The normalized spacial score (nSPS) is 18.5. The average Bonchev–Trinajstić information content (AvgIpc) is 2.54. The first-order chi connectivity index (χ1) is 10.6. The van der Waals surface area contributed by atoms with Crippen LogP contribution in [0.15, 0.2) is 18.2 Å². The van der Waals surface area contributed by atoms with E-state index < -0.39 is 0 Å². The fraction of sp³-hybridized carbons (Fsp3) is 0.529. The van der Waals surface area contributed by atoms with E-state index in [1.165, 1.54) is 0 Å². The second kappa shape index (κ2) is 7.40. The molecule has 5 nitrogen and oxygen atoms in total. The number of ether oxygens (including phenoxy) is 1. The van der Waals surface area contributed by atoms with Crippen molar-refractivity contribution >= 4 is 11.7 Å². The van der Waals surface area contributed by atoms with Crippen molar-refractivity contribution in [3.05, 3.63) is 29.3 Å². The molecule has 2 N–H and O–H groups in total. The van der Waals surface area contributed by atoms with E-state index in [1.807, 2.05) is 18.2 Å². The highest BCUT2D eigenvalue weighted by Crippen LogP contribution is 2.36. The molecule has 1 aliphatic rings. The molecule has 2 atom stereocenters. The van der Waals surface area contributed by atoms with Crippen LogP contribution in [0.3, 0.4) is 0 Å². The molecule has 1 aromatic rings. The van der Waals surface area contributed by atoms with Crippen LogP contribution in [0.2, 0.25) is 0 Å². The summed E-state index contributed by atoms with van der Waals surface area (Å²) in [7, 11) is 1.63. The summed E-state index contributed by atoms with van der Waals surface area (Å²) >= 11 is 0. The second-order valence-electron chi connectivity index (χ2n) is 5.90. The van der Waals surface area contributed by atoms with Gasteiger partial charge in [0.15, 0.2) is 5.78 Å². The van der Waals surface area contributed by atoms with Crippen LogP contribution in [0.25, 0.3) is 0 Å². The van der Waals surface area contributed by atoms with Crippen molar-refractivity contribution in [3.63, 3.8) is 0 Å². The molecule has 0 heterocycles. The van der Waals surface area contributed by atoms with Gasteiger partial charge < -0.3 is 4.74 Å². The molecule has 0 bridgehead atoms. The molecule has 1 aliphatic carbocycles. The van der Waals surface area contributed by atoms with Gasteiger partial charge in [0.25, 0.3) is 0 Å². The number of amides is 1. The van der Waals surface area contributed by atoms with Gasteiger partial charge in [-0.05, 0) is 37.7 Å². The zero-order valence-corrected chi connectivity index (χ0v) is 13.1. The van der Waals surface area contributed by atoms with Crippen molar-refractivity contribution in [3.8, 4) is 5.75 Å². The Morgan fingerprint density at radius 3 is 2.95 bits per heavy atom. The maximum absolute atomic E-state index is 12.7. The van der Waals surface area contributed by atoms with Crippen molar-refractivity contribution < 1.29 is 19.5 Å². The zero-order valence-electron chi connectivity index (χ0n) is 13.1. The molecule has 0 saturated carbocycles. The summed E-state index contributed by atoms with van der Waals surface area (Å²) in [5.74, 6) is 0.809. The number of ketones is 1. The summed E-state index contributed by atoms with van der Waals surface area (Å²) < 4.78 is 5.34. The van der Waals surface area contributed by atoms with Crippen LogP contribution in [0.1, 0.15) is 48.5 Å². The first kappa shape index (κ1) is 16.5. The lowest BCUT2D eigenvalue weighted by Gasteiger charge is -2.29. The lowest BCUT2D eigenvalue weighted by molar-refractivity contribution is -0.129. The fourth-order valence-corrected chi connectivity index (χ4v) is 3.26. The highest BCUT2D eigenvalue weighted by atomic mass is 16.5. The number of hydrogen-bond acceptors (Lipinski definition) is 4. The van der Waals surface area contributed by atoms with Gasteiger partial charge in [-0.1, -0.05) is 19.1 Å². The maximum atomic E-state index is 12.7. The Morgan fingerprint density at radius 1 is 1.50 bits per heavy atom. The molecule has 0 aromatic heterocycles. The number of rotatable bonds is 6. The van der Waals surface area contributed by atoms with Crippen molar-refractivity contribution in [1.82, 2.24) is 5.48 Å². The minimum absolute atomic E-state index is 0.00297. The van der Waals surface area contributed by atoms with Crippen LogP contribution in [0.4, 0.5) is 0 Å². The number of Topliss-reactive ketones (excluding diaryl/α,β-unsaturated/α-hetero) is 1. The molecule has 1 amide bonds. The summed E-state index contributed by atoms with van der Waals surface area (Å²) in [5, 5.41) is 8.48. The summed E-state index contributed by atoms with van der Waals surface area (Å²) in [6.07, 6.45) is 3.41. The van der Waals surface area contributed by atoms with Crippen molar-refractivity contribution in [2.24, 2.45) is 11.8 Å². The second-order valence-corrected chi connectivity index (χ2v) is 5.90. The zero-order chi connectivity index (χ0) is 16.1. The number of carbonyl (C=O) groups excluding carboxylic acids is 2. The average molecular weight is 305 g/mol. The molecule has 0 saturated heterocycles. The van der Waals surface area contributed by atoms with Crippen molar-refractivity contribution in [2.75, 3.05) is 7.11 Å². The Bertz CT molecular complexity index is 556. The van der Waals surface area contributed by atoms with Gasteiger partial charge in [0.1, 0.15) is 5.75 Å². The molecule has 1 aromatic carbocycles. The Balaban J connectivity index is 2.02. The highest BCUT2D eigenvalue weighted by Gasteiger charge is 2.32. The number of carbonyl (C=O) groups is 2. The summed E-state index contributed by atoms with van der Waals surface area (Å²) in [5.41, 5.74) is 3.42. The highest BCUT2D eigenvalue weighted by molar-refractivity contribution is 6.01. The molecular formula is C17H23NO4. The number of hydroxylamine groups is 1. The van der Waals surface area contributed by atoms with Gasteiger partial charge in [-0.15, -0.1) is 0 Å². The van der Waals surface area contributed by atoms with Crippen LogP contribution < -0.4 is 10.2 Å². The van der Waals surface area contributed by atoms with Crippen LogP contribution in [-0.4, -0.2) is 24.0 Å². The summed E-state index contributed by atoms with van der Waals surface area (Å²) in [6.45, 7) is 2.06. The van der Waals surface area contributed by atoms with Gasteiger partial charge >= 0.3 is 0 Å². The number of methoxy groups -OCH3 is 1. The Kier molecular flexibility index (Phi) is 5.55. The van der Waals surface area contributed by atoms with E-state index in [0.717, 1.165) is 36.1 Å². The van der Waals surface area contributed by atoms with E-state index in [0.29, 0.717) is 6.42 Å². The van der Waals surface area contributed by atoms with E-state index in [2.05, 4.69) is 6.92 Å². The molecule has 2 rings (SSSR count). The standard InChI is InChI=1S/C17H23NO4/c1-11(5-3-8-16(19)18-21)12-9-10-13-14(17(12)20)6-4-7-15(13)22-2/h4,6-7,11-12,21H,3,5,8-10H2,1-2H3,(H,18,19). The van der Waals surface area contributed by atoms with Gasteiger partial charge in [-0.3, -0.25) is 14.8 Å².